The molecule has 0 aromatic carbocycles. The van der Waals surface area contributed by atoms with Crippen molar-refractivity contribution in [3.8, 4) is 5.88 Å². The van der Waals surface area contributed by atoms with Crippen LogP contribution in [0.1, 0.15) is 31.2 Å². The van der Waals surface area contributed by atoms with Gasteiger partial charge in [-0.25, -0.2) is 4.98 Å². The Bertz CT molecular complexity index is 709. The van der Waals surface area contributed by atoms with Crippen LogP contribution in [0.4, 0.5) is 18.9 Å². The molecule has 5 nitrogen and oxygen atoms in total. The molecule has 27 heavy (non-hydrogen) atoms. The van der Waals surface area contributed by atoms with Crippen LogP contribution in [0.25, 0.3) is 6.08 Å². The van der Waals surface area contributed by atoms with E-state index in [1.165, 1.54) is 13.3 Å². The number of hydrogen-bond acceptors (Lipinski definition) is 4. The number of methoxy groups -OCH3 is 1. The Morgan fingerprint density at radius 1 is 1.41 bits per heavy atom. The Kier molecular flexibility index (Phi) is 7.01. The SMILES string of the molecule is C=C(CO)C(=O)Nc1cnc(OC)c(/C=C/C2CCC(C(F)(F)F)CC2)c1. The van der Waals surface area contributed by atoms with Crippen molar-refractivity contribution in [3.63, 3.8) is 0 Å². The molecule has 1 aromatic rings. The number of carbonyl (C=O) groups is 1. The second kappa shape index (κ2) is 9.03. The van der Waals surface area contributed by atoms with Crippen LogP contribution in [0.3, 0.4) is 0 Å². The van der Waals surface area contributed by atoms with Gasteiger partial charge in [-0.3, -0.25) is 4.79 Å². The van der Waals surface area contributed by atoms with Crippen molar-refractivity contribution in [1.29, 1.82) is 0 Å². The van der Waals surface area contributed by atoms with Crippen LogP contribution in [0, 0.1) is 11.8 Å². The second-order valence-corrected chi connectivity index (χ2v) is 6.55. The number of rotatable bonds is 6. The highest BCUT2D eigenvalue weighted by Gasteiger charge is 2.40. The average Bonchev–Trinajstić information content (AvgIpc) is 2.65. The van der Waals surface area contributed by atoms with Crippen molar-refractivity contribution in [1.82, 2.24) is 4.98 Å². The van der Waals surface area contributed by atoms with Crippen molar-refractivity contribution >= 4 is 17.7 Å². The minimum atomic E-state index is -4.12. The Hall–Kier alpha value is -2.35. The Balaban J connectivity index is 2.06. The quantitative estimate of drug-likeness (QED) is 0.729. The van der Waals surface area contributed by atoms with E-state index in [0.29, 0.717) is 30.0 Å². The molecule has 1 aliphatic carbocycles. The van der Waals surface area contributed by atoms with Crippen LogP contribution in [-0.2, 0) is 4.79 Å². The molecule has 0 atom stereocenters. The van der Waals surface area contributed by atoms with E-state index in [0.717, 1.165) is 0 Å². The molecule has 0 saturated heterocycles. The molecule has 1 aliphatic rings. The Labute approximate surface area is 155 Å². The van der Waals surface area contributed by atoms with E-state index in [9.17, 15) is 18.0 Å². The zero-order chi connectivity index (χ0) is 20.0. The number of aromatic nitrogens is 1. The summed E-state index contributed by atoms with van der Waals surface area (Å²) in [5.41, 5.74) is 1.02. The molecule has 1 heterocycles. The molecule has 0 aliphatic heterocycles. The van der Waals surface area contributed by atoms with E-state index in [1.807, 2.05) is 6.08 Å². The summed E-state index contributed by atoms with van der Waals surface area (Å²) in [6.07, 6.45) is 2.12. The smallest absolute Gasteiger partial charge is 0.391 e. The summed E-state index contributed by atoms with van der Waals surface area (Å²) in [6.45, 7) is 2.99. The van der Waals surface area contributed by atoms with Crippen LogP contribution in [0.5, 0.6) is 5.88 Å². The van der Waals surface area contributed by atoms with Crippen molar-refractivity contribution in [2.24, 2.45) is 11.8 Å². The number of anilines is 1. The van der Waals surface area contributed by atoms with E-state index in [1.54, 1.807) is 12.1 Å². The monoisotopic (exact) mass is 384 g/mol. The van der Waals surface area contributed by atoms with Gasteiger partial charge in [0.2, 0.25) is 5.88 Å². The number of alkyl halides is 3. The molecule has 1 aromatic heterocycles. The van der Waals surface area contributed by atoms with Gasteiger partial charge in [-0.1, -0.05) is 18.7 Å². The molecule has 2 rings (SSSR count). The molecular weight excluding hydrogens is 361 g/mol. The van der Waals surface area contributed by atoms with Crippen molar-refractivity contribution in [2.45, 2.75) is 31.9 Å². The minimum absolute atomic E-state index is 0.0179. The van der Waals surface area contributed by atoms with Crippen molar-refractivity contribution < 1.29 is 27.8 Å². The zero-order valence-electron chi connectivity index (χ0n) is 15.1. The largest absolute Gasteiger partial charge is 0.481 e. The molecule has 0 unspecified atom stereocenters. The van der Waals surface area contributed by atoms with Gasteiger partial charge in [-0.05, 0) is 37.7 Å². The van der Waals surface area contributed by atoms with Crippen LogP contribution in [-0.4, -0.2) is 35.9 Å². The highest BCUT2D eigenvalue weighted by molar-refractivity contribution is 6.03. The summed E-state index contributed by atoms with van der Waals surface area (Å²) >= 11 is 0. The zero-order valence-corrected chi connectivity index (χ0v) is 15.1. The average molecular weight is 384 g/mol. The molecule has 148 valence electrons. The molecule has 8 heteroatoms. The first kappa shape index (κ1) is 21.0. The third-order valence-electron chi connectivity index (χ3n) is 4.62. The third kappa shape index (κ3) is 5.82. The van der Waals surface area contributed by atoms with Gasteiger partial charge in [0, 0.05) is 11.1 Å². The number of amides is 1. The summed E-state index contributed by atoms with van der Waals surface area (Å²) in [4.78, 5) is 15.9. The first-order valence-electron chi connectivity index (χ1n) is 8.63. The van der Waals surface area contributed by atoms with Crippen LogP contribution >= 0.6 is 0 Å². The first-order valence-corrected chi connectivity index (χ1v) is 8.63. The second-order valence-electron chi connectivity index (χ2n) is 6.55. The van der Waals surface area contributed by atoms with Gasteiger partial charge < -0.3 is 15.2 Å². The number of nitrogens with zero attached hydrogens (tertiary/aromatic N) is 1. The maximum atomic E-state index is 12.7. The predicted molar refractivity (Wildman–Crippen MR) is 96.2 cm³/mol. The van der Waals surface area contributed by atoms with Gasteiger partial charge in [0.15, 0.2) is 0 Å². The molecule has 1 amide bonds. The lowest BCUT2D eigenvalue weighted by molar-refractivity contribution is -0.183. The molecule has 0 radical (unpaired) electrons. The number of ether oxygens (including phenoxy) is 1. The van der Waals surface area contributed by atoms with Gasteiger partial charge in [0.25, 0.3) is 5.91 Å². The van der Waals surface area contributed by atoms with E-state index in [4.69, 9.17) is 9.84 Å². The number of allylic oxidation sites excluding steroid dienone is 1. The fourth-order valence-electron chi connectivity index (χ4n) is 3.00. The summed E-state index contributed by atoms with van der Waals surface area (Å²) in [7, 11) is 1.46. The van der Waals surface area contributed by atoms with Crippen LogP contribution in [0.15, 0.2) is 30.5 Å². The lowest BCUT2D eigenvalue weighted by Crippen LogP contribution is -2.27. The van der Waals surface area contributed by atoms with Crippen LogP contribution < -0.4 is 10.1 Å². The van der Waals surface area contributed by atoms with Gasteiger partial charge in [-0.15, -0.1) is 0 Å². The normalized spacial score (nSPS) is 20.5. The minimum Gasteiger partial charge on any atom is -0.481 e. The summed E-state index contributed by atoms with van der Waals surface area (Å²) in [6, 6.07) is 1.65. The van der Waals surface area contributed by atoms with Gasteiger partial charge in [0.05, 0.1) is 31.5 Å². The number of pyridine rings is 1. The van der Waals surface area contributed by atoms with E-state index < -0.39 is 24.6 Å². The Morgan fingerprint density at radius 3 is 2.63 bits per heavy atom. The maximum Gasteiger partial charge on any atom is 0.391 e. The number of carbonyl (C=O) groups excluding carboxylic acids is 1. The molecular formula is C19H23F3N2O3. The van der Waals surface area contributed by atoms with Gasteiger partial charge in [0.1, 0.15) is 0 Å². The molecule has 0 spiro atoms. The lowest BCUT2D eigenvalue weighted by Gasteiger charge is -2.28. The number of aliphatic hydroxyl groups is 1. The van der Waals surface area contributed by atoms with Crippen molar-refractivity contribution in [2.75, 3.05) is 19.0 Å². The molecule has 1 saturated carbocycles. The molecule has 1 fully saturated rings. The third-order valence-corrected chi connectivity index (χ3v) is 4.62. The van der Waals surface area contributed by atoms with E-state index in [-0.39, 0.29) is 24.3 Å². The number of nitrogens with one attached hydrogen (secondary N) is 1. The van der Waals surface area contributed by atoms with Crippen LogP contribution in [0.2, 0.25) is 0 Å². The Morgan fingerprint density at radius 2 is 2.07 bits per heavy atom. The first-order chi connectivity index (χ1) is 12.7. The van der Waals surface area contributed by atoms with E-state index in [2.05, 4.69) is 16.9 Å². The summed E-state index contributed by atoms with van der Waals surface area (Å²) < 4.78 is 43.4. The summed E-state index contributed by atoms with van der Waals surface area (Å²) in [5.74, 6) is -1.34. The maximum absolute atomic E-state index is 12.7. The van der Waals surface area contributed by atoms with E-state index >= 15 is 0 Å². The number of halogens is 3. The van der Waals surface area contributed by atoms with Crippen molar-refractivity contribution in [3.05, 3.63) is 36.1 Å². The fourth-order valence-corrected chi connectivity index (χ4v) is 3.00. The highest BCUT2D eigenvalue weighted by Crippen LogP contribution is 2.40. The number of aliphatic hydroxyl groups excluding tert-OH is 1. The standard InChI is InChI=1S/C19H23F3N2O3/c1-12(11-25)17(26)24-16-9-14(18(27-2)23-10-16)6-3-13-4-7-15(8-5-13)19(20,21)22/h3,6,9-10,13,15,25H,1,4-5,7-8,11H2,2H3,(H,24,26)/b6-3+. The molecule has 0 bridgehead atoms. The predicted octanol–water partition coefficient (Wildman–Crippen LogP) is 3.96. The van der Waals surface area contributed by atoms with Gasteiger partial charge >= 0.3 is 6.18 Å². The molecule has 2 N–H and O–H groups in total. The van der Waals surface area contributed by atoms with Gasteiger partial charge in [-0.2, -0.15) is 13.2 Å². The lowest BCUT2D eigenvalue weighted by atomic mass is 9.81. The topological polar surface area (TPSA) is 71.5 Å². The summed E-state index contributed by atoms with van der Waals surface area (Å²) in [5, 5.41) is 11.5. The highest BCUT2D eigenvalue weighted by atomic mass is 19.4. The number of hydrogen-bond donors (Lipinski definition) is 2. The fraction of sp³-hybridized carbons (Fsp3) is 0.474.